The lowest BCUT2D eigenvalue weighted by molar-refractivity contribution is -0.124. The molecule has 0 aliphatic heterocycles. The van der Waals surface area contributed by atoms with Gasteiger partial charge in [-0.2, -0.15) is 0 Å². The smallest absolute Gasteiger partial charge is 0.341 e. The molecule has 1 atom stereocenters. The van der Waals surface area contributed by atoms with Crippen molar-refractivity contribution in [2.75, 3.05) is 11.9 Å². The predicted octanol–water partition coefficient (Wildman–Crippen LogP) is 5.10. The molecule has 0 fully saturated rings. The van der Waals surface area contributed by atoms with Crippen molar-refractivity contribution in [3.63, 3.8) is 0 Å². The highest BCUT2D eigenvalue weighted by Gasteiger charge is 2.29. The Bertz CT molecular complexity index is 1230. The van der Waals surface area contributed by atoms with Gasteiger partial charge in [-0.05, 0) is 56.7 Å². The average molecular weight is 496 g/mol. The van der Waals surface area contributed by atoms with Gasteiger partial charge < -0.3 is 14.8 Å². The lowest BCUT2D eigenvalue weighted by Crippen LogP contribution is -2.32. The van der Waals surface area contributed by atoms with Crippen LogP contribution in [0.2, 0.25) is 0 Å². The van der Waals surface area contributed by atoms with E-state index in [1.165, 1.54) is 17.5 Å². The van der Waals surface area contributed by atoms with Gasteiger partial charge in [-0.3, -0.25) is 14.8 Å². The Labute approximate surface area is 208 Å². The maximum atomic E-state index is 13.2. The lowest BCUT2D eigenvalue weighted by Gasteiger charge is -2.16. The second-order valence-corrected chi connectivity index (χ2v) is 9.47. The van der Waals surface area contributed by atoms with Gasteiger partial charge in [-0.25, -0.2) is 9.59 Å². The van der Waals surface area contributed by atoms with Crippen LogP contribution in [0.1, 0.15) is 77.1 Å². The Kier molecular flexibility index (Phi) is 8.07. The summed E-state index contributed by atoms with van der Waals surface area (Å²) in [6.45, 7) is 3.77. The second-order valence-electron chi connectivity index (χ2n) is 8.36. The molecular weight excluding hydrogens is 466 g/mol. The largest absolute Gasteiger partial charge is 0.462 e. The Morgan fingerprint density at radius 2 is 1.80 bits per heavy atom. The van der Waals surface area contributed by atoms with E-state index in [2.05, 4.69) is 15.3 Å². The van der Waals surface area contributed by atoms with Crippen molar-refractivity contribution in [2.45, 2.75) is 64.9 Å². The van der Waals surface area contributed by atoms with Crippen molar-refractivity contribution in [1.29, 1.82) is 0 Å². The molecule has 4 rings (SSSR count). The molecule has 2 aromatic heterocycles. The Hall–Kier alpha value is -3.33. The van der Waals surface area contributed by atoms with Crippen LogP contribution in [0.4, 0.5) is 5.00 Å². The first-order valence-corrected chi connectivity index (χ1v) is 12.9. The number of aryl methyl sites for hydroxylation is 1. The van der Waals surface area contributed by atoms with Gasteiger partial charge in [0.1, 0.15) is 10.5 Å². The van der Waals surface area contributed by atoms with Gasteiger partial charge in [0.25, 0.3) is 5.91 Å². The molecule has 0 saturated heterocycles. The van der Waals surface area contributed by atoms with E-state index < -0.39 is 23.9 Å². The molecule has 0 saturated carbocycles. The maximum Gasteiger partial charge on any atom is 0.341 e. The third kappa shape index (κ3) is 5.51. The van der Waals surface area contributed by atoms with Gasteiger partial charge in [0.05, 0.1) is 23.3 Å². The van der Waals surface area contributed by atoms with Gasteiger partial charge in [0.15, 0.2) is 6.10 Å². The van der Waals surface area contributed by atoms with Gasteiger partial charge in [0.2, 0.25) is 0 Å². The molecule has 3 aromatic rings. The number of thiophene rings is 1. The topological polar surface area (TPSA) is 107 Å². The number of esters is 2. The third-order valence-electron chi connectivity index (χ3n) is 6.02. The number of anilines is 1. The summed E-state index contributed by atoms with van der Waals surface area (Å²) in [6.07, 6.45) is 8.25. The van der Waals surface area contributed by atoms with E-state index in [1.54, 1.807) is 38.2 Å². The Morgan fingerprint density at radius 1 is 1.03 bits per heavy atom. The maximum absolute atomic E-state index is 13.2. The molecule has 0 spiro atoms. The van der Waals surface area contributed by atoms with Gasteiger partial charge in [0, 0.05) is 17.3 Å². The SMILES string of the molecule is CCOC(=O)c1c(NC(=O)C(CC)OC(=O)c2cccc3nccnc23)sc2c1CCCCCC2. The van der Waals surface area contributed by atoms with E-state index in [9.17, 15) is 14.4 Å². The van der Waals surface area contributed by atoms with Crippen LogP contribution < -0.4 is 5.32 Å². The number of carbonyl (C=O) groups excluding carboxylic acids is 3. The van der Waals surface area contributed by atoms with Crippen LogP contribution in [0.15, 0.2) is 30.6 Å². The minimum absolute atomic E-state index is 0.244. The molecule has 35 heavy (non-hydrogen) atoms. The molecule has 8 nitrogen and oxygen atoms in total. The van der Waals surface area contributed by atoms with Crippen LogP contribution in [0, 0.1) is 0 Å². The first kappa shape index (κ1) is 24.8. The number of fused-ring (bicyclic) bond motifs is 2. The molecule has 1 N–H and O–H groups in total. The molecule has 0 radical (unpaired) electrons. The average Bonchev–Trinajstić information content (AvgIpc) is 3.17. The van der Waals surface area contributed by atoms with Crippen molar-refractivity contribution < 1.29 is 23.9 Å². The highest BCUT2D eigenvalue weighted by atomic mass is 32.1. The van der Waals surface area contributed by atoms with Crippen LogP contribution in [0.3, 0.4) is 0 Å². The van der Waals surface area contributed by atoms with Crippen LogP contribution in [0.25, 0.3) is 11.0 Å². The first-order valence-electron chi connectivity index (χ1n) is 12.1. The second kappa shape index (κ2) is 11.4. The summed E-state index contributed by atoms with van der Waals surface area (Å²) in [5.74, 6) is -1.56. The molecule has 1 aliphatic carbocycles. The van der Waals surface area contributed by atoms with E-state index in [4.69, 9.17) is 9.47 Å². The summed E-state index contributed by atoms with van der Waals surface area (Å²) in [5.41, 5.74) is 2.64. The number of benzene rings is 1. The zero-order valence-electron chi connectivity index (χ0n) is 20.0. The van der Waals surface area contributed by atoms with Crippen LogP contribution in [-0.4, -0.2) is 40.5 Å². The number of carbonyl (C=O) groups is 3. The number of nitrogens with zero attached hydrogens (tertiary/aromatic N) is 2. The number of hydrogen-bond donors (Lipinski definition) is 1. The summed E-state index contributed by atoms with van der Waals surface area (Å²) >= 11 is 1.42. The molecule has 0 bridgehead atoms. The number of hydrogen-bond acceptors (Lipinski definition) is 8. The van der Waals surface area contributed by atoms with Gasteiger partial charge in [-0.15, -0.1) is 11.3 Å². The minimum atomic E-state index is -1.03. The number of nitrogens with one attached hydrogen (secondary N) is 1. The molecule has 2 heterocycles. The Morgan fingerprint density at radius 3 is 2.57 bits per heavy atom. The Balaban J connectivity index is 1.57. The number of amides is 1. The van der Waals surface area contributed by atoms with Crippen LogP contribution in [0.5, 0.6) is 0 Å². The highest BCUT2D eigenvalue weighted by molar-refractivity contribution is 7.17. The first-order chi connectivity index (χ1) is 17.0. The van der Waals surface area contributed by atoms with Crippen molar-refractivity contribution in [1.82, 2.24) is 9.97 Å². The minimum Gasteiger partial charge on any atom is -0.462 e. The van der Waals surface area contributed by atoms with Crippen molar-refractivity contribution in [3.05, 3.63) is 52.2 Å². The predicted molar refractivity (Wildman–Crippen MR) is 134 cm³/mol. The highest BCUT2D eigenvalue weighted by Crippen LogP contribution is 2.38. The standard InChI is InChI=1S/C26H29N3O5S/c1-3-19(34-25(31)17-11-9-12-18-22(17)28-15-14-27-18)23(30)29-24-21(26(32)33-4-2)16-10-7-5-6-8-13-20(16)35-24/h9,11-12,14-15,19H,3-8,10,13H2,1-2H3,(H,29,30). The van der Waals surface area contributed by atoms with E-state index in [0.717, 1.165) is 49.0 Å². The number of aromatic nitrogens is 2. The normalized spacial score (nSPS) is 14.3. The van der Waals surface area contributed by atoms with Gasteiger partial charge >= 0.3 is 11.9 Å². The van der Waals surface area contributed by atoms with E-state index >= 15 is 0 Å². The monoisotopic (exact) mass is 495 g/mol. The third-order valence-corrected chi connectivity index (χ3v) is 7.23. The lowest BCUT2D eigenvalue weighted by atomic mass is 9.96. The quantitative estimate of drug-likeness (QED) is 0.454. The number of ether oxygens (including phenoxy) is 2. The van der Waals surface area contributed by atoms with E-state index in [-0.39, 0.29) is 18.6 Å². The van der Waals surface area contributed by atoms with E-state index in [0.29, 0.717) is 21.6 Å². The number of para-hydroxylation sites is 1. The molecule has 1 aliphatic rings. The summed E-state index contributed by atoms with van der Waals surface area (Å²) in [4.78, 5) is 48.5. The van der Waals surface area contributed by atoms with Gasteiger partial charge in [-0.1, -0.05) is 25.8 Å². The fourth-order valence-corrected chi connectivity index (χ4v) is 5.57. The van der Waals surface area contributed by atoms with Crippen molar-refractivity contribution in [3.8, 4) is 0 Å². The fraction of sp³-hybridized carbons (Fsp3) is 0.423. The molecule has 9 heteroatoms. The molecule has 184 valence electrons. The van der Waals surface area contributed by atoms with Crippen LogP contribution >= 0.6 is 11.3 Å². The fourth-order valence-electron chi connectivity index (χ4n) is 4.29. The van der Waals surface area contributed by atoms with E-state index in [1.807, 2.05) is 0 Å². The number of rotatable bonds is 7. The molecule has 1 aromatic carbocycles. The molecule has 1 amide bonds. The zero-order chi connectivity index (χ0) is 24.8. The summed E-state index contributed by atoms with van der Waals surface area (Å²) in [7, 11) is 0. The summed E-state index contributed by atoms with van der Waals surface area (Å²) in [6, 6.07) is 5.05. The van der Waals surface area contributed by atoms with Crippen molar-refractivity contribution in [2.24, 2.45) is 0 Å². The summed E-state index contributed by atoms with van der Waals surface area (Å²) in [5, 5.41) is 3.33. The molecule has 1 unspecified atom stereocenters. The zero-order valence-corrected chi connectivity index (χ0v) is 20.8. The summed E-state index contributed by atoms with van der Waals surface area (Å²) < 4.78 is 10.9. The van der Waals surface area contributed by atoms with Crippen molar-refractivity contribution >= 4 is 45.2 Å². The molecular formula is C26H29N3O5S. The van der Waals surface area contributed by atoms with Crippen LogP contribution in [-0.2, 0) is 27.1 Å².